The maximum absolute atomic E-state index is 11.9. The van der Waals surface area contributed by atoms with Crippen LogP contribution in [0.1, 0.15) is 39.0 Å². The average Bonchev–Trinajstić information content (AvgIpc) is 2.05. The molecule has 0 heterocycles. The lowest BCUT2D eigenvalue weighted by molar-refractivity contribution is 0.294. The summed E-state index contributed by atoms with van der Waals surface area (Å²) in [6, 6.07) is 0. The molecular weight excluding hydrogens is 158 g/mol. The average molecular weight is 174 g/mol. The first kappa shape index (κ1) is 9.69. The zero-order valence-corrected chi connectivity index (χ0v) is 7.52. The lowest BCUT2D eigenvalue weighted by atomic mass is 9.81. The fourth-order valence-electron chi connectivity index (χ4n) is 1.94. The largest absolute Gasteiger partial charge is 0.266 e. The van der Waals surface area contributed by atoms with Gasteiger partial charge in [0, 0.05) is 0 Å². The van der Waals surface area contributed by atoms with Crippen LogP contribution in [0, 0.1) is 11.8 Å². The minimum atomic E-state index is -1.50. The Morgan fingerprint density at radius 2 is 1.83 bits per heavy atom. The second kappa shape index (κ2) is 4.58. The molecule has 0 atom stereocenters. The van der Waals surface area contributed by atoms with E-state index in [1.54, 1.807) is 0 Å². The number of rotatable bonds is 2. The van der Waals surface area contributed by atoms with Crippen LogP contribution in [0.15, 0.2) is 12.2 Å². The SMILES string of the molecule is CCC1CCC(C=C(F)F)CC1. The summed E-state index contributed by atoms with van der Waals surface area (Å²) in [6.07, 6.45) is 5.00. The molecule has 12 heavy (non-hydrogen) atoms. The highest BCUT2D eigenvalue weighted by atomic mass is 19.3. The molecule has 70 valence electrons. The van der Waals surface area contributed by atoms with Crippen LogP contribution < -0.4 is 0 Å². The van der Waals surface area contributed by atoms with E-state index in [1.807, 2.05) is 0 Å². The normalized spacial score (nSPS) is 29.9. The summed E-state index contributed by atoms with van der Waals surface area (Å²) in [6.45, 7) is 2.18. The predicted octanol–water partition coefficient (Wildman–Crippen LogP) is 3.98. The van der Waals surface area contributed by atoms with Crippen LogP contribution in [0.25, 0.3) is 0 Å². The summed E-state index contributed by atoms with van der Waals surface area (Å²) in [7, 11) is 0. The number of halogens is 2. The predicted molar refractivity (Wildman–Crippen MR) is 46.0 cm³/mol. The Kier molecular flexibility index (Phi) is 3.70. The van der Waals surface area contributed by atoms with Crippen molar-refractivity contribution in [3.05, 3.63) is 12.2 Å². The summed E-state index contributed by atoms with van der Waals surface area (Å²) in [5, 5.41) is 0. The van der Waals surface area contributed by atoms with Crippen LogP contribution >= 0.6 is 0 Å². The third-order valence-electron chi connectivity index (χ3n) is 2.83. The molecule has 0 unspecified atom stereocenters. The Morgan fingerprint density at radius 3 is 2.25 bits per heavy atom. The number of hydrogen-bond acceptors (Lipinski definition) is 0. The first-order valence-electron chi connectivity index (χ1n) is 4.75. The summed E-state index contributed by atoms with van der Waals surface area (Å²) in [4.78, 5) is 0. The highest BCUT2D eigenvalue weighted by Crippen LogP contribution is 2.31. The van der Waals surface area contributed by atoms with Gasteiger partial charge >= 0.3 is 0 Å². The van der Waals surface area contributed by atoms with Crippen molar-refractivity contribution in [1.82, 2.24) is 0 Å². The number of hydrogen-bond donors (Lipinski definition) is 0. The van der Waals surface area contributed by atoms with Crippen molar-refractivity contribution >= 4 is 0 Å². The molecule has 0 saturated heterocycles. The van der Waals surface area contributed by atoms with Gasteiger partial charge in [-0.15, -0.1) is 0 Å². The second-order valence-corrected chi connectivity index (χ2v) is 3.65. The van der Waals surface area contributed by atoms with Gasteiger partial charge in [0.15, 0.2) is 0 Å². The van der Waals surface area contributed by atoms with Crippen LogP contribution in [0.4, 0.5) is 8.78 Å². The van der Waals surface area contributed by atoms with Crippen LogP contribution in [-0.2, 0) is 0 Å². The van der Waals surface area contributed by atoms with Crippen molar-refractivity contribution < 1.29 is 8.78 Å². The van der Waals surface area contributed by atoms with Crippen molar-refractivity contribution in [3.8, 4) is 0 Å². The van der Waals surface area contributed by atoms with Crippen molar-refractivity contribution in [2.24, 2.45) is 11.8 Å². The molecule has 1 aliphatic rings. The lowest BCUT2D eigenvalue weighted by Gasteiger charge is -2.25. The van der Waals surface area contributed by atoms with E-state index >= 15 is 0 Å². The Bertz CT molecular complexity index is 151. The van der Waals surface area contributed by atoms with E-state index in [1.165, 1.54) is 6.42 Å². The fourth-order valence-corrected chi connectivity index (χ4v) is 1.94. The fraction of sp³-hybridized carbons (Fsp3) is 0.800. The van der Waals surface area contributed by atoms with Crippen LogP contribution in [0.3, 0.4) is 0 Å². The van der Waals surface area contributed by atoms with Gasteiger partial charge in [-0.3, -0.25) is 0 Å². The molecule has 1 fully saturated rings. The molecule has 0 aromatic heterocycles. The summed E-state index contributed by atoms with van der Waals surface area (Å²) in [5.41, 5.74) is 0. The van der Waals surface area contributed by atoms with E-state index in [0.29, 0.717) is 0 Å². The molecule has 1 saturated carbocycles. The molecule has 0 aromatic rings. The minimum absolute atomic E-state index is 0.151. The molecule has 0 N–H and O–H groups in total. The van der Waals surface area contributed by atoms with Crippen molar-refractivity contribution in [2.75, 3.05) is 0 Å². The van der Waals surface area contributed by atoms with E-state index in [-0.39, 0.29) is 5.92 Å². The Balaban J connectivity index is 2.31. The third kappa shape index (κ3) is 2.92. The molecule has 0 amide bonds. The van der Waals surface area contributed by atoms with Gasteiger partial charge in [0.05, 0.1) is 0 Å². The molecule has 1 rings (SSSR count). The van der Waals surface area contributed by atoms with Gasteiger partial charge in [0.1, 0.15) is 0 Å². The molecule has 0 aliphatic heterocycles. The topological polar surface area (TPSA) is 0 Å². The monoisotopic (exact) mass is 174 g/mol. The standard InChI is InChI=1S/C10H16F2/c1-2-8-3-5-9(6-4-8)7-10(11)12/h7-9H,2-6H2,1H3. The zero-order chi connectivity index (χ0) is 8.97. The maximum Gasteiger partial charge on any atom is 0.266 e. The summed E-state index contributed by atoms with van der Waals surface area (Å²) >= 11 is 0. The maximum atomic E-state index is 11.9. The minimum Gasteiger partial charge on any atom is -0.174 e. The van der Waals surface area contributed by atoms with E-state index < -0.39 is 6.08 Å². The Labute approximate surface area is 72.7 Å². The van der Waals surface area contributed by atoms with Crippen LogP contribution in [-0.4, -0.2) is 0 Å². The molecular formula is C10H16F2. The zero-order valence-electron chi connectivity index (χ0n) is 7.52. The number of allylic oxidation sites excluding steroid dienone is 1. The molecule has 0 aromatic carbocycles. The molecule has 0 nitrogen and oxygen atoms in total. The van der Waals surface area contributed by atoms with Gasteiger partial charge in [-0.05, 0) is 43.6 Å². The highest BCUT2D eigenvalue weighted by molar-refractivity contribution is 4.90. The van der Waals surface area contributed by atoms with E-state index in [2.05, 4.69) is 6.92 Å². The summed E-state index contributed by atoms with van der Waals surface area (Å²) in [5.74, 6) is 0.940. The first-order chi connectivity index (χ1) is 5.72. The quantitative estimate of drug-likeness (QED) is 0.594. The van der Waals surface area contributed by atoms with E-state index in [4.69, 9.17) is 0 Å². The van der Waals surface area contributed by atoms with Gasteiger partial charge < -0.3 is 0 Å². The van der Waals surface area contributed by atoms with Gasteiger partial charge in [0.25, 0.3) is 6.08 Å². The van der Waals surface area contributed by atoms with Crippen LogP contribution in [0.2, 0.25) is 0 Å². The molecule has 0 radical (unpaired) electrons. The van der Waals surface area contributed by atoms with Crippen molar-refractivity contribution in [1.29, 1.82) is 0 Å². The Morgan fingerprint density at radius 1 is 1.25 bits per heavy atom. The smallest absolute Gasteiger partial charge is 0.174 e. The second-order valence-electron chi connectivity index (χ2n) is 3.65. The molecule has 0 spiro atoms. The van der Waals surface area contributed by atoms with Gasteiger partial charge in [-0.1, -0.05) is 13.3 Å². The first-order valence-corrected chi connectivity index (χ1v) is 4.75. The van der Waals surface area contributed by atoms with Gasteiger partial charge in [-0.25, -0.2) is 0 Å². The van der Waals surface area contributed by atoms with E-state index in [9.17, 15) is 8.78 Å². The van der Waals surface area contributed by atoms with Gasteiger partial charge in [-0.2, -0.15) is 8.78 Å². The molecule has 2 heteroatoms. The van der Waals surface area contributed by atoms with Crippen molar-refractivity contribution in [3.63, 3.8) is 0 Å². The van der Waals surface area contributed by atoms with E-state index in [0.717, 1.165) is 37.7 Å². The van der Waals surface area contributed by atoms with Crippen molar-refractivity contribution in [2.45, 2.75) is 39.0 Å². The third-order valence-corrected chi connectivity index (χ3v) is 2.83. The van der Waals surface area contributed by atoms with Gasteiger partial charge in [0.2, 0.25) is 0 Å². The van der Waals surface area contributed by atoms with Crippen LogP contribution in [0.5, 0.6) is 0 Å². The summed E-state index contributed by atoms with van der Waals surface area (Å²) < 4.78 is 23.7. The Hall–Kier alpha value is -0.400. The lowest BCUT2D eigenvalue weighted by Crippen LogP contribution is -2.12. The molecule has 1 aliphatic carbocycles. The molecule has 0 bridgehead atoms. The highest BCUT2D eigenvalue weighted by Gasteiger charge is 2.18.